The number of rotatable bonds is 68. The minimum atomic E-state index is -4.37. The SMILES string of the molecule is CCCCCCCCCCCCCCCCCCCCCC/C=C/CC/C=C/CC/C=C/C(O)C(COP(=O)(O)OCC[N+](C)(C)C)NC(=O)CCCCCCCCCCCCCCCCCCCCCCCCCCCCCCCC. The monoisotopic (exact) mass is 1180 g/mol. The number of amides is 1. The van der Waals surface area contributed by atoms with E-state index in [1.807, 2.05) is 27.2 Å². The molecular formula is C73H144N2O6P+. The summed E-state index contributed by atoms with van der Waals surface area (Å²) < 4.78 is 23.8. The molecule has 486 valence electrons. The molecule has 9 heteroatoms. The van der Waals surface area contributed by atoms with Crippen LogP contribution in [-0.2, 0) is 18.4 Å². The van der Waals surface area contributed by atoms with Gasteiger partial charge in [-0.05, 0) is 44.9 Å². The minimum Gasteiger partial charge on any atom is -0.387 e. The van der Waals surface area contributed by atoms with Gasteiger partial charge in [-0.3, -0.25) is 13.8 Å². The summed E-state index contributed by atoms with van der Waals surface area (Å²) in [5.41, 5.74) is 0. The Labute approximate surface area is 512 Å². The molecule has 0 aliphatic carbocycles. The quantitative estimate of drug-likeness (QED) is 0.0243. The first-order valence-corrected chi connectivity index (χ1v) is 37.9. The molecule has 0 bridgehead atoms. The van der Waals surface area contributed by atoms with Crippen molar-refractivity contribution in [2.75, 3.05) is 40.9 Å². The summed E-state index contributed by atoms with van der Waals surface area (Å²) in [6, 6.07) is -0.870. The molecule has 82 heavy (non-hydrogen) atoms. The molecule has 1 amide bonds. The number of nitrogens with zero attached hydrogens (tertiary/aromatic N) is 1. The highest BCUT2D eigenvalue weighted by Gasteiger charge is 2.28. The standard InChI is InChI=1S/C73H143N2O6P/c1-6-8-10-12-14-16-18-20-22-24-26-28-30-32-34-36-38-40-42-44-46-48-50-52-54-56-58-60-62-64-66-72(76)71(70-81-82(78,79)80-69-68-75(3,4)5)74-73(77)67-65-63-61-59-57-55-53-51-49-47-45-43-41-39-37-35-33-31-29-27-25-23-21-19-17-15-13-11-9-7-2/h48,50,56,58,64,66,71-72,76H,6-47,49,51-55,57,59-63,65,67-70H2,1-5H3,(H-,74,77,78,79)/p+1/b50-48+,58-56+,66-64+. The van der Waals surface area contributed by atoms with Gasteiger partial charge in [0, 0.05) is 6.42 Å². The Balaban J connectivity index is 4.08. The number of hydrogen-bond acceptors (Lipinski definition) is 5. The maximum atomic E-state index is 13.1. The minimum absolute atomic E-state index is 0.0555. The summed E-state index contributed by atoms with van der Waals surface area (Å²) in [6.07, 6.45) is 86.0. The number of phosphoric ester groups is 1. The van der Waals surface area contributed by atoms with Crippen LogP contribution in [0.4, 0.5) is 0 Å². The number of carbonyl (C=O) groups excluding carboxylic acids is 1. The molecule has 0 saturated carbocycles. The predicted molar refractivity (Wildman–Crippen MR) is 360 cm³/mol. The van der Waals surface area contributed by atoms with Crippen LogP contribution in [0.5, 0.6) is 0 Å². The highest BCUT2D eigenvalue weighted by Crippen LogP contribution is 2.43. The third-order valence-electron chi connectivity index (χ3n) is 16.8. The van der Waals surface area contributed by atoms with Crippen LogP contribution < -0.4 is 5.32 Å². The Kier molecular flexibility index (Phi) is 63.2. The normalized spacial score (nSPS) is 13.8. The Morgan fingerprint density at radius 3 is 0.976 bits per heavy atom. The zero-order chi connectivity index (χ0) is 59.8. The fourth-order valence-corrected chi connectivity index (χ4v) is 11.9. The van der Waals surface area contributed by atoms with E-state index in [-0.39, 0.29) is 19.1 Å². The Hall–Kier alpha value is -1.28. The van der Waals surface area contributed by atoms with Crippen LogP contribution in [-0.4, -0.2) is 73.4 Å². The average Bonchev–Trinajstić information content (AvgIpc) is 3.47. The molecule has 8 nitrogen and oxygen atoms in total. The van der Waals surface area contributed by atoms with Gasteiger partial charge in [-0.15, -0.1) is 0 Å². The van der Waals surface area contributed by atoms with Crippen LogP contribution in [0.25, 0.3) is 0 Å². The Morgan fingerprint density at radius 1 is 0.402 bits per heavy atom. The molecular weight excluding hydrogens is 1030 g/mol. The van der Waals surface area contributed by atoms with E-state index in [4.69, 9.17) is 9.05 Å². The van der Waals surface area contributed by atoms with Crippen LogP contribution in [0.2, 0.25) is 0 Å². The molecule has 0 fully saturated rings. The number of aliphatic hydroxyl groups excluding tert-OH is 1. The molecule has 0 aromatic heterocycles. The second-order valence-corrected chi connectivity index (χ2v) is 27.8. The van der Waals surface area contributed by atoms with E-state index in [0.717, 1.165) is 44.9 Å². The van der Waals surface area contributed by atoms with Crippen molar-refractivity contribution in [1.82, 2.24) is 5.32 Å². The van der Waals surface area contributed by atoms with Gasteiger partial charge in [-0.2, -0.15) is 0 Å². The summed E-state index contributed by atoms with van der Waals surface area (Å²) in [7, 11) is 1.56. The lowest BCUT2D eigenvalue weighted by atomic mass is 10.0. The zero-order valence-electron chi connectivity index (χ0n) is 55.8. The van der Waals surface area contributed by atoms with E-state index in [1.165, 1.54) is 308 Å². The maximum Gasteiger partial charge on any atom is 0.472 e. The molecule has 0 spiro atoms. The number of quaternary nitrogens is 1. The highest BCUT2D eigenvalue weighted by molar-refractivity contribution is 7.47. The van der Waals surface area contributed by atoms with E-state index < -0.39 is 20.0 Å². The molecule has 0 rings (SSSR count). The van der Waals surface area contributed by atoms with E-state index in [0.29, 0.717) is 17.4 Å². The number of allylic oxidation sites excluding steroid dienone is 5. The topological polar surface area (TPSA) is 105 Å². The molecule has 3 atom stereocenters. The van der Waals surface area contributed by atoms with Gasteiger partial charge in [0.05, 0.1) is 39.9 Å². The van der Waals surface area contributed by atoms with Crippen LogP contribution >= 0.6 is 7.82 Å². The van der Waals surface area contributed by atoms with Crippen molar-refractivity contribution in [1.29, 1.82) is 0 Å². The number of hydrogen-bond donors (Lipinski definition) is 3. The van der Waals surface area contributed by atoms with Gasteiger partial charge in [0.1, 0.15) is 13.2 Å². The number of carbonyl (C=O) groups is 1. The summed E-state index contributed by atoms with van der Waals surface area (Å²) in [5.74, 6) is -0.183. The summed E-state index contributed by atoms with van der Waals surface area (Å²) in [4.78, 5) is 23.4. The number of phosphoric acid groups is 1. The van der Waals surface area contributed by atoms with Crippen molar-refractivity contribution in [3.05, 3.63) is 36.5 Å². The van der Waals surface area contributed by atoms with Gasteiger partial charge in [0.15, 0.2) is 0 Å². The van der Waals surface area contributed by atoms with Crippen LogP contribution in [0, 0.1) is 0 Å². The number of likely N-dealkylation sites (N-methyl/N-ethyl adjacent to an activating group) is 1. The third kappa shape index (κ3) is 66.2. The highest BCUT2D eigenvalue weighted by atomic mass is 31.2. The lowest BCUT2D eigenvalue weighted by Crippen LogP contribution is -2.45. The van der Waals surface area contributed by atoms with Gasteiger partial charge in [0.2, 0.25) is 5.91 Å². The predicted octanol–water partition coefficient (Wildman–Crippen LogP) is 23.2. The second kappa shape index (κ2) is 64.2. The lowest BCUT2D eigenvalue weighted by molar-refractivity contribution is -0.870. The van der Waals surface area contributed by atoms with Gasteiger partial charge in [-0.25, -0.2) is 4.57 Å². The largest absolute Gasteiger partial charge is 0.472 e. The lowest BCUT2D eigenvalue weighted by Gasteiger charge is -2.25. The van der Waals surface area contributed by atoms with Crippen molar-refractivity contribution in [3.63, 3.8) is 0 Å². The van der Waals surface area contributed by atoms with E-state index >= 15 is 0 Å². The van der Waals surface area contributed by atoms with Gasteiger partial charge in [-0.1, -0.05) is 359 Å². The number of aliphatic hydroxyl groups is 1. The van der Waals surface area contributed by atoms with E-state index in [2.05, 4.69) is 43.5 Å². The van der Waals surface area contributed by atoms with Crippen LogP contribution in [0.15, 0.2) is 36.5 Å². The van der Waals surface area contributed by atoms with Crippen molar-refractivity contribution in [2.45, 2.75) is 386 Å². The fraction of sp³-hybridized carbons (Fsp3) is 0.904. The van der Waals surface area contributed by atoms with Crippen molar-refractivity contribution in [2.24, 2.45) is 0 Å². The first kappa shape index (κ1) is 80.7. The first-order valence-electron chi connectivity index (χ1n) is 36.4. The number of unbranched alkanes of at least 4 members (excludes halogenated alkanes) is 51. The van der Waals surface area contributed by atoms with Crippen molar-refractivity contribution in [3.8, 4) is 0 Å². The Bertz CT molecular complexity index is 1430. The summed E-state index contributed by atoms with van der Waals surface area (Å²) >= 11 is 0. The molecule has 0 aliphatic rings. The summed E-state index contributed by atoms with van der Waals surface area (Å²) in [5, 5.41) is 14.0. The van der Waals surface area contributed by atoms with Gasteiger partial charge >= 0.3 is 7.82 Å². The average molecular weight is 1180 g/mol. The molecule has 0 radical (unpaired) electrons. The Morgan fingerprint density at radius 2 is 0.671 bits per heavy atom. The maximum absolute atomic E-state index is 13.1. The van der Waals surface area contributed by atoms with E-state index in [1.54, 1.807) is 6.08 Å². The summed E-state index contributed by atoms with van der Waals surface area (Å²) in [6.45, 7) is 4.85. The molecule has 0 saturated heterocycles. The van der Waals surface area contributed by atoms with Gasteiger partial charge in [0.25, 0.3) is 0 Å². The van der Waals surface area contributed by atoms with Crippen LogP contribution in [0.3, 0.4) is 0 Å². The zero-order valence-corrected chi connectivity index (χ0v) is 56.7. The second-order valence-electron chi connectivity index (χ2n) is 26.3. The smallest absolute Gasteiger partial charge is 0.387 e. The number of nitrogens with one attached hydrogen (secondary N) is 1. The molecule has 0 aromatic rings. The van der Waals surface area contributed by atoms with Gasteiger partial charge < -0.3 is 19.8 Å². The molecule has 0 aliphatic heterocycles. The van der Waals surface area contributed by atoms with E-state index in [9.17, 15) is 19.4 Å². The van der Waals surface area contributed by atoms with Crippen LogP contribution in [0.1, 0.15) is 373 Å². The molecule has 3 N–H and O–H groups in total. The first-order chi connectivity index (χ1) is 40.0. The molecule has 0 aromatic carbocycles. The van der Waals surface area contributed by atoms with Crippen molar-refractivity contribution < 1.29 is 32.9 Å². The fourth-order valence-electron chi connectivity index (χ4n) is 11.2. The molecule has 0 heterocycles. The third-order valence-corrected chi connectivity index (χ3v) is 17.8. The molecule has 3 unspecified atom stereocenters. The van der Waals surface area contributed by atoms with Crippen molar-refractivity contribution >= 4 is 13.7 Å².